The summed E-state index contributed by atoms with van der Waals surface area (Å²) in [5.74, 6) is 0. The number of aromatic nitrogens is 1. The Hall–Kier alpha value is -0.370. The van der Waals surface area contributed by atoms with Crippen LogP contribution < -0.4 is 5.73 Å². The van der Waals surface area contributed by atoms with Gasteiger partial charge in [-0.25, -0.2) is 4.98 Å². The van der Waals surface area contributed by atoms with Crippen molar-refractivity contribution >= 4 is 23.7 Å². The van der Waals surface area contributed by atoms with Crippen molar-refractivity contribution in [3.05, 3.63) is 16.6 Å². The van der Waals surface area contributed by atoms with Gasteiger partial charge in [0.1, 0.15) is 11.1 Å². The molecule has 0 aliphatic carbocycles. The Morgan fingerprint density at radius 1 is 1.50 bits per heavy atom. The minimum absolute atomic E-state index is 0. The summed E-state index contributed by atoms with van der Waals surface area (Å²) in [6, 6.07) is -0.933. The molecule has 2 atom stereocenters. The maximum atomic E-state index is 11.9. The first kappa shape index (κ1) is 15.6. The predicted molar refractivity (Wildman–Crippen MR) is 57.6 cm³/mol. The molecule has 0 saturated heterocycles. The molecule has 0 spiro atoms. The molecule has 1 rings (SSSR count). The maximum absolute atomic E-state index is 11.9. The van der Waals surface area contributed by atoms with Gasteiger partial charge in [-0.2, -0.15) is 13.2 Å². The van der Waals surface area contributed by atoms with Crippen LogP contribution in [0.2, 0.25) is 0 Å². The van der Waals surface area contributed by atoms with E-state index in [0.29, 0.717) is 5.01 Å². The van der Waals surface area contributed by atoms with Crippen LogP contribution in [0.15, 0.2) is 11.6 Å². The third-order valence-corrected chi connectivity index (χ3v) is 2.72. The highest BCUT2D eigenvalue weighted by atomic mass is 35.5. The van der Waals surface area contributed by atoms with Gasteiger partial charge in [0.25, 0.3) is 0 Å². The van der Waals surface area contributed by atoms with E-state index in [1.807, 2.05) is 0 Å². The van der Waals surface area contributed by atoms with E-state index in [0.717, 1.165) is 0 Å². The monoisotopic (exact) mass is 276 g/mol. The molecular formula is C8H12ClF3N2OS. The zero-order valence-corrected chi connectivity index (χ0v) is 9.78. The Labute approximate surface area is 101 Å². The lowest BCUT2D eigenvalue weighted by atomic mass is 10.1. The largest absolute Gasteiger partial charge is 0.389 e. The van der Waals surface area contributed by atoms with Gasteiger partial charge in [0, 0.05) is 24.0 Å². The molecular weight excluding hydrogens is 265 g/mol. The number of alkyl halides is 3. The van der Waals surface area contributed by atoms with Gasteiger partial charge in [-0.3, -0.25) is 0 Å². The molecule has 1 aromatic heterocycles. The van der Waals surface area contributed by atoms with E-state index in [1.54, 1.807) is 5.38 Å². The molecule has 0 radical (unpaired) electrons. The second-order valence-electron chi connectivity index (χ2n) is 3.13. The molecule has 0 aliphatic rings. The number of thiazole rings is 1. The van der Waals surface area contributed by atoms with Crippen molar-refractivity contribution in [2.75, 3.05) is 0 Å². The molecule has 0 saturated carbocycles. The SMILES string of the molecule is Cl.N[C@@H](CCC(F)(F)F)C(O)c1nccs1. The van der Waals surface area contributed by atoms with Gasteiger partial charge >= 0.3 is 6.18 Å². The van der Waals surface area contributed by atoms with Gasteiger partial charge < -0.3 is 10.8 Å². The van der Waals surface area contributed by atoms with Crippen molar-refractivity contribution in [1.82, 2.24) is 4.98 Å². The number of nitrogens with two attached hydrogens (primary N) is 1. The third-order valence-electron chi connectivity index (χ3n) is 1.87. The van der Waals surface area contributed by atoms with Crippen LogP contribution >= 0.6 is 23.7 Å². The number of aliphatic hydroxyl groups is 1. The van der Waals surface area contributed by atoms with E-state index < -0.39 is 24.7 Å². The summed E-state index contributed by atoms with van der Waals surface area (Å²) >= 11 is 1.17. The Bertz CT molecular complexity index is 294. The molecule has 0 aromatic carbocycles. The quantitative estimate of drug-likeness (QED) is 0.887. The first-order chi connectivity index (χ1) is 6.90. The molecule has 3 N–H and O–H groups in total. The fraction of sp³-hybridized carbons (Fsp3) is 0.625. The van der Waals surface area contributed by atoms with Crippen molar-refractivity contribution in [3.63, 3.8) is 0 Å². The lowest BCUT2D eigenvalue weighted by Crippen LogP contribution is -2.30. The average molecular weight is 277 g/mol. The second kappa shape index (κ2) is 6.39. The molecule has 8 heteroatoms. The van der Waals surface area contributed by atoms with E-state index in [2.05, 4.69) is 4.98 Å². The molecule has 0 aliphatic heterocycles. The summed E-state index contributed by atoms with van der Waals surface area (Å²) in [7, 11) is 0. The zero-order valence-electron chi connectivity index (χ0n) is 8.15. The zero-order chi connectivity index (χ0) is 11.5. The number of hydrogen-bond acceptors (Lipinski definition) is 4. The van der Waals surface area contributed by atoms with Crippen LogP contribution in [0.4, 0.5) is 13.2 Å². The van der Waals surface area contributed by atoms with E-state index in [9.17, 15) is 18.3 Å². The van der Waals surface area contributed by atoms with Gasteiger partial charge in [-0.05, 0) is 6.42 Å². The molecule has 1 heterocycles. The summed E-state index contributed by atoms with van der Waals surface area (Å²) in [5.41, 5.74) is 5.43. The highest BCUT2D eigenvalue weighted by Gasteiger charge is 2.30. The lowest BCUT2D eigenvalue weighted by molar-refractivity contribution is -0.137. The third kappa shape index (κ3) is 5.11. The van der Waals surface area contributed by atoms with Gasteiger partial charge in [0.15, 0.2) is 0 Å². The van der Waals surface area contributed by atoms with Crippen molar-refractivity contribution < 1.29 is 18.3 Å². The number of aliphatic hydroxyl groups excluding tert-OH is 1. The normalized spacial score (nSPS) is 15.3. The first-order valence-electron chi connectivity index (χ1n) is 4.30. The van der Waals surface area contributed by atoms with Crippen LogP contribution in [0.1, 0.15) is 24.0 Å². The van der Waals surface area contributed by atoms with Gasteiger partial charge in [0.05, 0.1) is 0 Å². The Morgan fingerprint density at radius 3 is 2.56 bits per heavy atom. The molecule has 1 unspecified atom stereocenters. The molecule has 94 valence electrons. The minimum atomic E-state index is -4.24. The maximum Gasteiger partial charge on any atom is 0.389 e. The summed E-state index contributed by atoms with van der Waals surface area (Å²) in [4.78, 5) is 3.79. The molecule has 0 bridgehead atoms. The van der Waals surface area contributed by atoms with Gasteiger partial charge in [0.2, 0.25) is 0 Å². The van der Waals surface area contributed by atoms with E-state index in [-0.39, 0.29) is 18.8 Å². The minimum Gasteiger partial charge on any atom is -0.384 e. The van der Waals surface area contributed by atoms with Crippen molar-refractivity contribution in [2.45, 2.75) is 31.2 Å². The van der Waals surface area contributed by atoms with Crippen LogP contribution in [-0.2, 0) is 0 Å². The first-order valence-corrected chi connectivity index (χ1v) is 5.18. The summed E-state index contributed by atoms with van der Waals surface area (Å²) < 4.78 is 35.6. The highest BCUT2D eigenvalue weighted by Crippen LogP contribution is 2.26. The molecule has 3 nitrogen and oxygen atoms in total. The fourth-order valence-electron chi connectivity index (χ4n) is 1.05. The lowest BCUT2D eigenvalue weighted by Gasteiger charge is -2.17. The highest BCUT2D eigenvalue weighted by molar-refractivity contribution is 7.09. The van der Waals surface area contributed by atoms with E-state index in [4.69, 9.17) is 5.73 Å². The Kier molecular flexibility index (Phi) is 6.24. The summed E-state index contributed by atoms with van der Waals surface area (Å²) in [6.45, 7) is 0. The van der Waals surface area contributed by atoms with Crippen molar-refractivity contribution in [3.8, 4) is 0 Å². The summed E-state index contributed by atoms with van der Waals surface area (Å²) in [6.07, 6.45) is -5.17. The van der Waals surface area contributed by atoms with Gasteiger partial charge in [-0.1, -0.05) is 0 Å². The second-order valence-corrected chi connectivity index (χ2v) is 4.06. The molecule has 16 heavy (non-hydrogen) atoms. The Balaban J connectivity index is 0.00000225. The van der Waals surface area contributed by atoms with Crippen LogP contribution in [0.25, 0.3) is 0 Å². The van der Waals surface area contributed by atoms with E-state index in [1.165, 1.54) is 17.5 Å². The molecule has 0 fully saturated rings. The standard InChI is InChI=1S/C8H11F3N2OS.ClH/c9-8(10,11)2-1-5(12)6(14)7-13-3-4-15-7;/h3-6,14H,1-2,12H2;1H/t5-,6?;/m0./s1. The fourth-order valence-corrected chi connectivity index (χ4v) is 1.75. The summed E-state index contributed by atoms with van der Waals surface area (Å²) in [5, 5.41) is 11.5. The molecule has 0 amide bonds. The smallest absolute Gasteiger partial charge is 0.384 e. The van der Waals surface area contributed by atoms with Crippen molar-refractivity contribution in [2.24, 2.45) is 5.73 Å². The van der Waals surface area contributed by atoms with Crippen molar-refractivity contribution in [1.29, 1.82) is 0 Å². The number of halogens is 4. The van der Waals surface area contributed by atoms with E-state index >= 15 is 0 Å². The van der Waals surface area contributed by atoms with Crippen LogP contribution in [-0.4, -0.2) is 22.3 Å². The number of hydrogen-bond donors (Lipinski definition) is 2. The van der Waals surface area contributed by atoms with Crippen LogP contribution in [0, 0.1) is 0 Å². The predicted octanol–water partition coefficient (Wildman–Crippen LogP) is 2.27. The van der Waals surface area contributed by atoms with Crippen LogP contribution in [0.5, 0.6) is 0 Å². The van der Waals surface area contributed by atoms with Gasteiger partial charge in [-0.15, -0.1) is 23.7 Å². The number of rotatable bonds is 4. The van der Waals surface area contributed by atoms with Crippen LogP contribution in [0.3, 0.4) is 0 Å². The topological polar surface area (TPSA) is 59.1 Å². The molecule has 1 aromatic rings. The Morgan fingerprint density at radius 2 is 2.12 bits per heavy atom. The average Bonchev–Trinajstić information content (AvgIpc) is 2.64. The number of nitrogens with zero attached hydrogens (tertiary/aromatic N) is 1.